The molecule has 7 heteroatoms. The Balaban J connectivity index is 1.84. The first-order valence-electron chi connectivity index (χ1n) is 6.18. The molecule has 1 aromatic carbocycles. The fraction of sp³-hybridized carbons (Fsp3) is 0.308. The van der Waals surface area contributed by atoms with Crippen LogP contribution >= 0.6 is 0 Å². The van der Waals surface area contributed by atoms with Gasteiger partial charge < -0.3 is 14.5 Å². The molecule has 7 nitrogen and oxygen atoms in total. The van der Waals surface area contributed by atoms with Gasteiger partial charge in [-0.1, -0.05) is 35.4 Å². The van der Waals surface area contributed by atoms with Crippen molar-refractivity contribution in [2.24, 2.45) is 0 Å². The number of nitrogens with one attached hydrogen (secondary N) is 2. The summed E-state index contributed by atoms with van der Waals surface area (Å²) in [6, 6.07) is 9.42. The number of benzene rings is 1. The minimum atomic E-state index is -0.406. The zero-order valence-electron chi connectivity index (χ0n) is 11.1. The number of ether oxygens (including phenoxy) is 1. The lowest BCUT2D eigenvalue weighted by Crippen LogP contribution is -2.31. The molecule has 0 saturated carbocycles. The summed E-state index contributed by atoms with van der Waals surface area (Å²) < 4.78 is 10.2. The molecule has 0 unspecified atom stereocenters. The summed E-state index contributed by atoms with van der Waals surface area (Å²) in [7, 11) is 1.56. The Hall–Kier alpha value is -2.41. The van der Waals surface area contributed by atoms with Crippen LogP contribution in [0.4, 0.5) is 10.8 Å². The standard InChI is InChI=1S/C13H16N4O3/c1-19-8-7-14-12(18)15-13-17-16-11(20-13)9-10-5-3-2-4-6-10/h2-6H,7-9H2,1H3,(H2,14,15,17,18). The molecule has 20 heavy (non-hydrogen) atoms. The van der Waals surface area contributed by atoms with Gasteiger partial charge in [-0.15, -0.1) is 5.10 Å². The van der Waals surface area contributed by atoms with E-state index in [4.69, 9.17) is 9.15 Å². The largest absolute Gasteiger partial charge is 0.407 e. The van der Waals surface area contributed by atoms with E-state index in [0.29, 0.717) is 25.5 Å². The van der Waals surface area contributed by atoms with Gasteiger partial charge in [-0.3, -0.25) is 5.32 Å². The van der Waals surface area contributed by atoms with Gasteiger partial charge in [0.2, 0.25) is 5.89 Å². The summed E-state index contributed by atoms with van der Waals surface area (Å²) in [6.07, 6.45) is 0.529. The normalized spacial score (nSPS) is 10.2. The molecule has 106 valence electrons. The van der Waals surface area contributed by atoms with Crippen molar-refractivity contribution in [1.82, 2.24) is 15.5 Å². The van der Waals surface area contributed by atoms with Gasteiger partial charge in [0.15, 0.2) is 0 Å². The monoisotopic (exact) mass is 276 g/mol. The van der Waals surface area contributed by atoms with Crippen molar-refractivity contribution in [3.63, 3.8) is 0 Å². The zero-order valence-corrected chi connectivity index (χ0v) is 11.1. The molecule has 0 saturated heterocycles. The Bertz CT molecular complexity index is 542. The van der Waals surface area contributed by atoms with Gasteiger partial charge in [0.25, 0.3) is 0 Å². The van der Waals surface area contributed by atoms with E-state index >= 15 is 0 Å². The highest BCUT2D eigenvalue weighted by Crippen LogP contribution is 2.10. The first kappa shape index (κ1) is 14.0. The van der Waals surface area contributed by atoms with Crippen molar-refractivity contribution < 1.29 is 13.9 Å². The van der Waals surface area contributed by atoms with Gasteiger partial charge in [0.05, 0.1) is 13.0 Å². The van der Waals surface area contributed by atoms with Crippen molar-refractivity contribution in [3.8, 4) is 0 Å². The second-order valence-corrected chi connectivity index (χ2v) is 4.04. The topological polar surface area (TPSA) is 89.3 Å². The third-order valence-electron chi connectivity index (χ3n) is 2.48. The lowest BCUT2D eigenvalue weighted by Gasteiger charge is -2.02. The molecule has 0 aliphatic heterocycles. The maximum Gasteiger partial charge on any atom is 0.323 e. The minimum Gasteiger partial charge on any atom is -0.407 e. The van der Waals surface area contributed by atoms with Crippen LogP contribution in [0.5, 0.6) is 0 Å². The van der Waals surface area contributed by atoms with E-state index in [2.05, 4.69) is 20.8 Å². The van der Waals surface area contributed by atoms with Gasteiger partial charge in [-0.2, -0.15) is 0 Å². The number of hydrogen-bond donors (Lipinski definition) is 2. The Kier molecular flexibility index (Phi) is 5.08. The number of nitrogens with zero attached hydrogens (tertiary/aromatic N) is 2. The summed E-state index contributed by atoms with van der Waals surface area (Å²) in [5, 5.41) is 12.7. The van der Waals surface area contributed by atoms with Crippen LogP contribution in [0, 0.1) is 0 Å². The maximum atomic E-state index is 11.4. The third kappa shape index (κ3) is 4.36. The second-order valence-electron chi connectivity index (χ2n) is 4.04. The van der Waals surface area contributed by atoms with Crippen LogP contribution in [-0.4, -0.2) is 36.5 Å². The van der Waals surface area contributed by atoms with Crippen LogP contribution in [0.2, 0.25) is 0 Å². The molecule has 2 aromatic rings. The molecule has 2 N–H and O–H groups in total. The van der Waals surface area contributed by atoms with E-state index in [0.717, 1.165) is 5.56 Å². The second kappa shape index (κ2) is 7.25. The molecule has 0 atom stereocenters. The van der Waals surface area contributed by atoms with Gasteiger partial charge in [-0.05, 0) is 5.56 Å². The molecule has 0 radical (unpaired) electrons. The number of carbonyl (C=O) groups excluding carboxylic acids is 1. The number of aromatic nitrogens is 2. The number of hydrogen-bond acceptors (Lipinski definition) is 5. The Morgan fingerprint density at radius 2 is 2.10 bits per heavy atom. The van der Waals surface area contributed by atoms with Crippen molar-refractivity contribution in [3.05, 3.63) is 41.8 Å². The summed E-state index contributed by atoms with van der Waals surface area (Å²) >= 11 is 0. The molecule has 0 spiro atoms. The van der Waals surface area contributed by atoms with Gasteiger partial charge >= 0.3 is 12.0 Å². The van der Waals surface area contributed by atoms with Crippen LogP contribution in [0.1, 0.15) is 11.5 Å². The molecular weight excluding hydrogens is 260 g/mol. The average molecular weight is 276 g/mol. The van der Waals surface area contributed by atoms with Crippen LogP contribution in [-0.2, 0) is 11.2 Å². The predicted octanol–water partition coefficient (Wildman–Crippen LogP) is 1.43. The summed E-state index contributed by atoms with van der Waals surface area (Å²) in [6.45, 7) is 0.851. The Morgan fingerprint density at radius 1 is 1.30 bits per heavy atom. The fourth-order valence-corrected chi connectivity index (χ4v) is 1.55. The Labute approximate surface area is 116 Å². The lowest BCUT2D eigenvalue weighted by molar-refractivity contribution is 0.198. The molecule has 2 rings (SSSR count). The number of carbonyl (C=O) groups is 1. The summed E-state index contributed by atoms with van der Waals surface area (Å²) in [4.78, 5) is 11.4. The van der Waals surface area contributed by atoms with E-state index in [1.165, 1.54) is 0 Å². The molecule has 0 fully saturated rings. The van der Waals surface area contributed by atoms with Gasteiger partial charge in [0.1, 0.15) is 0 Å². The van der Waals surface area contributed by atoms with Crippen LogP contribution in [0.15, 0.2) is 34.7 Å². The third-order valence-corrected chi connectivity index (χ3v) is 2.48. The van der Waals surface area contributed by atoms with Crippen molar-refractivity contribution >= 4 is 12.0 Å². The molecule has 0 aliphatic carbocycles. The molecule has 1 aromatic heterocycles. The van der Waals surface area contributed by atoms with Crippen LogP contribution in [0.25, 0.3) is 0 Å². The molecule has 0 bridgehead atoms. The highest BCUT2D eigenvalue weighted by molar-refractivity contribution is 5.86. The lowest BCUT2D eigenvalue weighted by atomic mass is 10.2. The van der Waals surface area contributed by atoms with Crippen LogP contribution < -0.4 is 10.6 Å². The van der Waals surface area contributed by atoms with Crippen molar-refractivity contribution in [2.45, 2.75) is 6.42 Å². The number of amides is 2. The average Bonchev–Trinajstić information content (AvgIpc) is 2.87. The van der Waals surface area contributed by atoms with Gasteiger partial charge in [0, 0.05) is 13.7 Å². The van der Waals surface area contributed by atoms with E-state index < -0.39 is 6.03 Å². The number of urea groups is 1. The van der Waals surface area contributed by atoms with Crippen LogP contribution in [0.3, 0.4) is 0 Å². The summed E-state index contributed by atoms with van der Waals surface area (Å²) in [5.74, 6) is 0.448. The van der Waals surface area contributed by atoms with E-state index in [1.54, 1.807) is 7.11 Å². The number of anilines is 1. The molecule has 0 aliphatic rings. The first-order chi connectivity index (χ1) is 9.78. The molecule has 2 amide bonds. The van der Waals surface area contributed by atoms with E-state index in [-0.39, 0.29) is 6.01 Å². The van der Waals surface area contributed by atoms with Crippen molar-refractivity contribution in [1.29, 1.82) is 0 Å². The summed E-state index contributed by atoms with van der Waals surface area (Å²) in [5.41, 5.74) is 1.06. The molecule has 1 heterocycles. The predicted molar refractivity (Wildman–Crippen MR) is 72.4 cm³/mol. The zero-order chi connectivity index (χ0) is 14.2. The highest BCUT2D eigenvalue weighted by Gasteiger charge is 2.09. The SMILES string of the molecule is COCCNC(=O)Nc1nnc(Cc2ccccc2)o1. The molecular formula is C13H16N4O3. The number of methoxy groups -OCH3 is 1. The quantitative estimate of drug-likeness (QED) is 0.779. The van der Waals surface area contributed by atoms with Crippen molar-refractivity contribution in [2.75, 3.05) is 25.6 Å². The maximum absolute atomic E-state index is 11.4. The van der Waals surface area contributed by atoms with E-state index in [9.17, 15) is 4.79 Å². The fourth-order valence-electron chi connectivity index (χ4n) is 1.55. The van der Waals surface area contributed by atoms with Gasteiger partial charge in [-0.25, -0.2) is 4.79 Å². The minimum absolute atomic E-state index is 0.0749. The Morgan fingerprint density at radius 3 is 2.85 bits per heavy atom. The van der Waals surface area contributed by atoms with E-state index in [1.807, 2.05) is 30.3 Å². The highest BCUT2D eigenvalue weighted by atomic mass is 16.5. The first-order valence-corrected chi connectivity index (χ1v) is 6.18. The smallest absolute Gasteiger partial charge is 0.323 e. The number of rotatable bonds is 6.